The predicted molar refractivity (Wildman–Crippen MR) is 59.7 cm³/mol. The van der Waals surface area contributed by atoms with Crippen molar-refractivity contribution in [1.82, 2.24) is 0 Å². The highest BCUT2D eigenvalue weighted by Gasteiger charge is 2.10. The van der Waals surface area contributed by atoms with Crippen LogP contribution in [0.2, 0.25) is 0 Å². The maximum atomic E-state index is 13.4. The molecule has 0 amide bonds. The van der Waals surface area contributed by atoms with Crippen molar-refractivity contribution in [1.29, 1.82) is 0 Å². The molecule has 0 aliphatic rings. The van der Waals surface area contributed by atoms with Gasteiger partial charge in [0.15, 0.2) is 5.78 Å². The summed E-state index contributed by atoms with van der Waals surface area (Å²) in [5, 5.41) is 0. The number of hydrogen-bond donors (Lipinski definition) is 0. The molecule has 0 unspecified atom stereocenters. The normalized spacial score (nSPS) is 10.4. The van der Waals surface area contributed by atoms with Gasteiger partial charge in [0.25, 0.3) is 0 Å². The van der Waals surface area contributed by atoms with Crippen molar-refractivity contribution in [3.63, 3.8) is 0 Å². The standard InChI is InChI=1S/C12H8F2OS/c1-7(15)11-4-5-12(16-11)9-3-2-8(13)6-10(9)14/h2-6H,1H3. The molecule has 0 spiro atoms. The molecule has 0 saturated carbocycles. The summed E-state index contributed by atoms with van der Waals surface area (Å²) in [6.07, 6.45) is 0. The van der Waals surface area contributed by atoms with Crippen LogP contribution in [-0.2, 0) is 0 Å². The molecule has 0 saturated heterocycles. The summed E-state index contributed by atoms with van der Waals surface area (Å²) in [7, 11) is 0. The van der Waals surface area contributed by atoms with E-state index in [9.17, 15) is 13.6 Å². The first kappa shape index (κ1) is 11.0. The quantitative estimate of drug-likeness (QED) is 0.725. The zero-order chi connectivity index (χ0) is 11.7. The van der Waals surface area contributed by atoms with Crippen LogP contribution >= 0.6 is 11.3 Å². The minimum Gasteiger partial charge on any atom is -0.294 e. The van der Waals surface area contributed by atoms with Crippen LogP contribution in [0.5, 0.6) is 0 Å². The zero-order valence-electron chi connectivity index (χ0n) is 8.46. The third kappa shape index (κ3) is 2.02. The minimum atomic E-state index is -0.614. The lowest BCUT2D eigenvalue weighted by molar-refractivity contribution is 0.102. The lowest BCUT2D eigenvalue weighted by Crippen LogP contribution is -1.84. The molecule has 0 aliphatic heterocycles. The van der Waals surface area contributed by atoms with Crippen molar-refractivity contribution >= 4 is 17.1 Å². The highest BCUT2D eigenvalue weighted by Crippen LogP contribution is 2.30. The Morgan fingerprint density at radius 3 is 2.50 bits per heavy atom. The lowest BCUT2D eigenvalue weighted by atomic mass is 10.2. The number of ketones is 1. The molecule has 0 N–H and O–H groups in total. The van der Waals surface area contributed by atoms with E-state index in [1.165, 1.54) is 30.4 Å². The largest absolute Gasteiger partial charge is 0.294 e. The van der Waals surface area contributed by atoms with Crippen molar-refractivity contribution < 1.29 is 13.6 Å². The lowest BCUT2D eigenvalue weighted by Gasteiger charge is -1.99. The molecule has 4 heteroatoms. The first-order chi connectivity index (χ1) is 7.58. The number of Topliss-reactive ketones (excluding diaryl/α,β-unsaturated/α-hetero) is 1. The molecule has 0 atom stereocenters. The fourth-order valence-corrected chi connectivity index (χ4v) is 2.29. The van der Waals surface area contributed by atoms with E-state index in [1.807, 2.05) is 0 Å². The highest BCUT2D eigenvalue weighted by atomic mass is 32.1. The Morgan fingerprint density at radius 1 is 1.19 bits per heavy atom. The van der Waals surface area contributed by atoms with Gasteiger partial charge in [-0.3, -0.25) is 4.79 Å². The number of thiophene rings is 1. The topological polar surface area (TPSA) is 17.1 Å². The van der Waals surface area contributed by atoms with Crippen LogP contribution in [0.15, 0.2) is 30.3 Å². The number of benzene rings is 1. The van der Waals surface area contributed by atoms with E-state index >= 15 is 0 Å². The van der Waals surface area contributed by atoms with E-state index in [-0.39, 0.29) is 5.78 Å². The molecule has 2 rings (SSSR count). The van der Waals surface area contributed by atoms with Gasteiger partial charge in [0, 0.05) is 16.5 Å². The second-order valence-electron chi connectivity index (χ2n) is 3.34. The van der Waals surface area contributed by atoms with Gasteiger partial charge in [0.1, 0.15) is 11.6 Å². The van der Waals surface area contributed by atoms with Gasteiger partial charge in [0.2, 0.25) is 0 Å². The van der Waals surface area contributed by atoms with Gasteiger partial charge in [-0.15, -0.1) is 11.3 Å². The first-order valence-electron chi connectivity index (χ1n) is 4.64. The van der Waals surface area contributed by atoms with Gasteiger partial charge >= 0.3 is 0 Å². The fourth-order valence-electron chi connectivity index (χ4n) is 1.36. The van der Waals surface area contributed by atoms with Gasteiger partial charge in [-0.25, -0.2) is 8.78 Å². The van der Waals surface area contributed by atoms with Crippen molar-refractivity contribution in [3.8, 4) is 10.4 Å². The molecule has 0 bridgehead atoms. The number of carbonyl (C=O) groups is 1. The van der Waals surface area contributed by atoms with E-state index in [2.05, 4.69) is 0 Å². The van der Waals surface area contributed by atoms with Crippen LogP contribution in [0.3, 0.4) is 0 Å². The second-order valence-corrected chi connectivity index (χ2v) is 4.43. The van der Waals surface area contributed by atoms with Crippen LogP contribution in [0.1, 0.15) is 16.6 Å². The Kier molecular flexibility index (Phi) is 2.83. The van der Waals surface area contributed by atoms with Gasteiger partial charge in [-0.05, 0) is 31.2 Å². The van der Waals surface area contributed by atoms with E-state index in [1.54, 1.807) is 12.1 Å². The molecule has 1 aromatic heterocycles. The molecule has 1 nitrogen and oxygen atoms in total. The van der Waals surface area contributed by atoms with Crippen molar-refractivity contribution in [2.75, 3.05) is 0 Å². The van der Waals surface area contributed by atoms with Crippen LogP contribution in [0, 0.1) is 11.6 Å². The van der Waals surface area contributed by atoms with E-state index in [4.69, 9.17) is 0 Å². The Labute approximate surface area is 95.4 Å². The molecular weight excluding hydrogens is 230 g/mol. The predicted octanol–water partition coefficient (Wildman–Crippen LogP) is 3.90. The number of rotatable bonds is 2. The zero-order valence-corrected chi connectivity index (χ0v) is 9.28. The van der Waals surface area contributed by atoms with Crippen LogP contribution in [-0.4, -0.2) is 5.78 Å². The smallest absolute Gasteiger partial charge is 0.169 e. The molecule has 16 heavy (non-hydrogen) atoms. The van der Waals surface area contributed by atoms with E-state index < -0.39 is 11.6 Å². The van der Waals surface area contributed by atoms with Gasteiger partial charge < -0.3 is 0 Å². The monoisotopic (exact) mass is 238 g/mol. The Balaban J connectivity index is 2.46. The summed E-state index contributed by atoms with van der Waals surface area (Å²) >= 11 is 1.20. The fraction of sp³-hybridized carbons (Fsp3) is 0.0833. The summed E-state index contributed by atoms with van der Waals surface area (Å²) in [6.45, 7) is 1.45. The number of carbonyl (C=O) groups excluding carboxylic acids is 1. The van der Waals surface area contributed by atoms with Crippen molar-refractivity contribution in [2.45, 2.75) is 6.92 Å². The SMILES string of the molecule is CC(=O)c1ccc(-c2ccc(F)cc2F)s1. The van der Waals surface area contributed by atoms with Crippen molar-refractivity contribution in [3.05, 3.63) is 46.8 Å². The molecule has 1 heterocycles. The maximum Gasteiger partial charge on any atom is 0.169 e. The third-order valence-electron chi connectivity index (χ3n) is 2.15. The van der Waals surface area contributed by atoms with Gasteiger partial charge in [-0.2, -0.15) is 0 Å². The van der Waals surface area contributed by atoms with E-state index in [0.717, 1.165) is 6.07 Å². The first-order valence-corrected chi connectivity index (χ1v) is 5.46. The third-order valence-corrected chi connectivity index (χ3v) is 3.37. The summed E-state index contributed by atoms with van der Waals surface area (Å²) in [5.74, 6) is -1.28. The average molecular weight is 238 g/mol. The Bertz CT molecular complexity index is 546. The molecule has 0 fully saturated rings. The Morgan fingerprint density at radius 2 is 1.94 bits per heavy atom. The molecular formula is C12H8F2OS. The summed E-state index contributed by atoms with van der Waals surface area (Å²) in [4.78, 5) is 12.3. The molecule has 0 radical (unpaired) electrons. The summed E-state index contributed by atoms with van der Waals surface area (Å²) in [6, 6.07) is 6.72. The molecule has 2 aromatic rings. The Hall–Kier alpha value is -1.55. The minimum absolute atomic E-state index is 0.0567. The molecule has 82 valence electrons. The van der Waals surface area contributed by atoms with Gasteiger partial charge in [-0.1, -0.05) is 0 Å². The summed E-state index contributed by atoms with van der Waals surface area (Å²) in [5.41, 5.74) is 0.318. The van der Waals surface area contributed by atoms with E-state index in [0.29, 0.717) is 15.3 Å². The molecule has 0 aliphatic carbocycles. The van der Waals surface area contributed by atoms with Crippen LogP contribution in [0.4, 0.5) is 8.78 Å². The average Bonchev–Trinajstić information content (AvgIpc) is 2.66. The van der Waals surface area contributed by atoms with Crippen LogP contribution in [0.25, 0.3) is 10.4 Å². The maximum absolute atomic E-state index is 13.4. The summed E-state index contributed by atoms with van der Waals surface area (Å²) < 4.78 is 26.1. The van der Waals surface area contributed by atoms with Gasteiger partial charge in [0.05, 0.1) is 4.88 Å². The molecule has 1 aromatic carbocycles. The number of hydrogen-bond acceptors (Lipinski definition) is 2. The second kappa shape index (κ2) is 4.14. The number of halogens is 2. The van der Waals surface area contributed by atoms with Crippen LogP contribution < -0.4 is 0 Å². The highest BCUT2D eigenvalue weighted by molar-refractivity contribution is 7.17. The van der Waals surface area contributed by atoms with Crippen molar-refractivity contribution in [2.24, 2.45) is 0 Å².